The van der Waals surface area contributed by atoms with Crippen LogP contribution in [0.25, 0.3) is 0 Å². The maximum atomic E-state index is 13.7. The van der Waals surface area contributed by atoms with Gasteiger partial charge in [-0.1, -0.05) is 49.2 Å². The standard InChI is InChI=1S/C38H54N4O7/c1-38(2,3)40-36(46)32-20-19-26-9-4-5-12-31(26)42(32)23-30-22-33(27-17-15-25(24-43)16-18-27)49-37(48-30)28-10-8-11-29(21-28)39-34(44)13-6-7-14-35(45)41-47/h8,10-11,15-18,21,26,30-33,37,43,47H,4-7,9,12-14,19-20,22-24H2,1-3H3,(H,39,44)(H,40,46)(H,41,45)/t26-,30-,31-,32-,33+,37+/m1/s1. The lowest BCUT2D eigenvalue weighted by Crippen LogP contribution is -2.61. The van der Waals surface area contributed by atoms with E-state index in [2.05, 4.69) is 15.5 Å². The van der Waals surface area contributed by atoms with Crippen LogP contribution >= 0.6 is 0 Å². The van der Waals surface area contributed by atoms with Crippen LogP contribution in [0.1, 0.15) is 120 Å². The van der Waals surface area contributed by atoms with Crippen molar-refractivity contribution in [3.8, 4) is 0 Å². The highest BCUT2D eigenvalue weighted by atomic mass is 16.7. The topological polar surface area (TPSA) is 149 Å². The molecule has 0 unspecified atom stereocenters. The van der Waals surface area contributed by atoms with Crippen molar-refractivity contribution in [3.63, 3.8) is 0 Å². The molecule has 1 saturated carbocycles. The van der Waals surface area contributed by atoms with Gasteiger partial charge in [-0.25, -0.2) is 5.48 Å². The zero-order valence-electron chi connectivity index (χ0n) is 29.2. The van der Waals surface area contributed by atoms with Crippen LogP contribution in [0, 0.1) is 5.92 Å². The van der Waals surface area contributed by atoms with Gasteiger partial charge in [0.15, 0.2) is 6.29 Å². The van der Waals surface area contributed by atoms with Crippen molar-refractivity contribution in [2.75, 3.05) is 11.9 Å². The van der Waals surface area contributed by atoms with Crippen LogP contribution in [0.15, 0.2) is 48.5 Å². The maximum absolute atomic E-state index is 13.7. The summed E-state index contributed by atoms with van der Waals surface area (Å²) in [6, 6.07) is 15.4. The number of piperidine rings is 1. The first-order valence-corrected chi connectivity index (χ1v) is 17.9. The van der Waals surface area contributed by atoms with Gasteiger partial charge in [-0.3, -0.25) is 24.5 Å². The number of nitrogens with zero attached hydrogens (tertiary/aromatic N) is 1. The molecular weight excluding hydrogens is 624 g/mol. The third-order valence-corrected chi connectivity index (χ3v) is 9.96. The largest absolute Gasteiger partial charge is 0.392 e. The summed E-state index contributed by atoms with van der Waals surface area (Å²) >= 11 is 0. The lowest BCUT2D eigenvalue weighted by molar-refractivity contribution is -0.255. The third kappa shape index (κ3) is 10.3. The van der Waals surface area contributed by atoms with E-state index in [0.29, 0.717) is 43.5 Å². The van der Waals surface area contributed by atoms with Crippen molar-refractivity contribution in [3.05, 3.63) is 65.2 Å². The predicted molar refractivity (Wildman–Crippen MR) is 185 cm³/mol. The van der Waals surface area contributed by atoms with Gasteiger partial charge < -0.3 is 25.2 Å². The molecule has 5 rings (SSSR count). The summed E-state index contributed by atoms with van der Waals surface area (Å²) in [5.41, 5.74) is 4.50. The van der Waals surface area contributed by atoms with Crippen molar-refractivity contribution < 1.29 is 34.2 Å². The number of ether oxygens (including phenoxy) is 2. The number of unbranched alkanes of at least 4 members (excludes halogenated alkanes) is 1. The minimum Gasteiger partial charge on any atom is -0.392 e. The molecule has 11 nitrogen and oxygen atoms in total. The average Bonchev–Trinajstić information content (AvgIpc) is 3.09. The van der Waals surface area contributed by atoms with E-state index in [1.165, 1.54) is 19.3 Å². The normalized spacial score (nSPS) is 26.0. The van der Waals surface area contributed by atoms with Gasteiger partial charge in [0.2, 0.25) is 17.7 Å². The number of anilines is 1. The number of carbonyl (C=O) groups excluding carboxylic acids is 3. The number of benzene rings is 2. The Hall–Kier alpha value is -3.35. The van der Waals surface area contributed by atoms with Crippen molar-refractivity contribution in [2.24, 2.45) is 5.92 Å². The van der Waals surface area contributed by atoms with Crippen molar-refractivity contribution in [2.45, 2.75) is 134 Å². The zero-order chi connectivity index (χ0) is 35.0. The molecule has 49 heavy (non-hydrogen) atoms. The smallest absolute Gasteiger partial charge is 0.243 e. The molecule has 5 N–H and O–H groups in total. The quantitative estimate of drug-likeness (QED) is 0.110. The molecule has 3 aliphatic rings. The molecule has 2 saturated heterocycles. The number of fused-ring (bicyclic) bond motifs is 1. The van der Waals surface area contributed by atoms with E-state index >= 15 is 0 Å². The van der Waals surface area contributed by atoms with Gasteiger partial charge in [0.25, 0.3) is 0 Å². The highest BCUT2D eigenvalue weighted by molar-refractivity contribution is 5.90. The lowest BCUT2D eigenvalue weighted by Gasteiger charge is -2.50. The van der Waals surface area contributed by atoms with E-state index in [9.17, 15) is 19.5 Å². The Morgan fingerprint density at radius 1 is 0.898 bits per heavy atom. The van der Waals surface area contributed by atoms with Crippen LogP contribution in [0.2, 0.25) is 0 Å². The molecular formula is C38H54N4O7. The van der Waals surface area contributed by atoms with Crippen LogP contribution in [-0.4, -0.2) is 63.2 Å². The first kappa shape index (κ1) is 36.9. The van der Waals surface area contributed by atoms with Gasteiger partial charge in [-0.05, 0) is 88.5 Å². The second-order valence-electron chi connectivity index (χ2n) is 14.9. The summed E-state index contributed by atoms with van der Waals surface area (Å²) in [5, 5.41) is 24.5. The summed E-state index contributed by atoms with van der Waals surface area (Å²) in [6.07, 6.45) is 7.39. The maximum Gasteiger partial charge on any atom is 0.243 e. The van der Waals surface area contributed by atoms with E-state index in [-0.39, 0.29) is 55.1 Å². The van der Waals surface area contributed by atoms with Crippen molar-refractivity contribution in [1.82, 2.24) is 15.7 Å². The number of hydrogen-bond donors (Lipinski definition) is 5. The summed E-state index contributed by atoms with van der Waals surface area (Å²) in [4.78, 5) is 40.1. The Labute approximate surface area is 290 Å². The molecule has 1 aliphatic carbocycles. The van der Waals surface area contributed by atoms with E-state index in [4.69, 9.17) is 14.7 Å². The van der Waals surface area contributed by atoms with Gasteiger partial charge in [-0.2, -0.15) is 0 Å². The van der Waals surface area contributed by atoms with Gasteiger partial charge in [-0.15, -0.1) is 0 Å². The Bertz CT molecular complexity index is 1410. The number of aliphatic hydroxyl groups excluding tert-OH is 1. The molecule has 6 atom stereocenters. The van der Waals surface area contributed by atoms with Crippen molar-refractivity contribution >= 4 is 23.4 Å². The highest BCUT2D eigenvalue weighted by Gasteiger charge is 2.44. The molecule has 3 fully saturated rings. The van der Waals surface area contributed by atoms with E-state index in [1.807, 2.05) is 69.3 Å². The Morgan fingerprint density at radius 3 is 2.35 bits per heavy atom. The summed E-state index contributed by atoms with van der Waals surface area (Å²) < 4.78 is 13.4. The van der Waals surface area contributed by atoms with Gasteiger partial charge in [0.05, 0.1) is 24.9 Å². The molecule has 11 heteroatoms. The van der Waals surface area contributed by atoms with E-state index in [0.717, 1.165) is 36.0 Å². The van der Waals surface area contributed by atoms with Crippen LogP contribution in [0.4, 0.5) is 5.69 Å². The lowest BCUT2D eigenvalue weighted by atomic mass is 9.75. The predicted octanol–water partition coefficient (Wildman–Crippen LogP) is 5.67. The average molecular weight is 679 g/mol. The minimum atomic E-state index is -0.705. The molecule has 0 spiro atoms. The Morgan fingerprint density at radius 2 is 1.63 bits per heavy atom. The Kier molecular flexibility index (Phi) is 12.8. The van der Waals surface area contributed by atoms with Crippen LogP contribution in [0.3, 0.4) is 0 Å². The summed E-state index contributed by atoms with van der Waals surface area (Å²) in [5.74, 6) is 0.0240. The number of aliphatic hydroxyl groups is 1. The number of likely N-dealkylation sites (tertiary alicyclic amines) is 1. The number of nitrogens with one attached hydrogen (secondary N) is 3. The van der Waals surface area contributed by atoms with Crippen LogP contribution < -0.4 is 16.1 Å². The molecule has 3 amide bonds. The first-order valence-electron chi connectivity index (χ1n) is 17.9. The van der Waals surface area contributed by atoms with Crippen molar-refractivity contribution in [1.29, 1.82) is 0 Å². The highest BCUT2D eigenvalue weighted by Crippen LogP contribution is 2.42. The monoisotopic (exact) mass is 678 g/mol. The zero-order valence-corrected chi connectivity index (χ0v) is 29.2. The van der Waals surface area contributed by atoms with Crippen LogP contribution in [0.5, 0.6) is 0 Å². The van der Waals surface area contributed by atoms with Gasteiger partial charge in [0, 0.05) is 48.6 Å². The third-order valence-electron chi connectivity index (χ3n) is 9.96. The fourth-order valence-corrected chi connectivity index (χ4v) is 7.61. The summed E-state index contributed by atoms with van der Waals surface area (Å²) in [7, 11) is 0. The van der Waals surface area contributed by atoms with Gasteiger partial charge >= 0.3 is 0 Å². The SMILES string of the molecule is CC(C)(C)NC(=O)[C@H]1CC[C@H]2CCCC[C@H]2N1C[C@H]1C[C@@H](c2ccc(CO)cc2)O[C@@H](c2cccc(NC(=O)CCCCC(=O)NO)c2)O1. The molecule has 0 aromatic heterocycles. The molecule has 0 radical (unpaired) electrons. The number of hydrogen-bond acceptors (Lipinski definition) is 8. The second kappa shape index (κ2) is 17.0. The second-order valence-corrected chi connectivity index (χ2v) is 14.9. The van der Waals surface area contributed by atoms with E-state index in [1.54, 1.807) is 5.48 Å². The number of hydroxylamine groups is 1. The van der Waals surface area contributed by atoms with Gasteiger partial charge in [0.1, 0.15) is 0 Å². The first-order chi connectivity index (χ1) is 23.5. The molecule has 268 valence electrons. The number of carbonyl (C=O) groups is 3. The molecule has 0 bridgehead atoms. The molecule has 2 aliphatic heterocycles. The van der Waals surface area contributed by atoms with E-state index < -0.39 is 12.2 Å². The minimum absolute atomic E-state index is 0.0355. The Balaban J connectivity index is 1.35. The molecule has 2 aromatic rings. The number of rotatable bonds is 12. The summed E-state index contributed by atoms with van der Waals surface area (Å²) in [6.45, 7) is 6.65. The fraction of sp³-hybridized carbons (Fsp3) is 0.605. The molecule has 2 heterocycles. The number of amides is 3. The van der Waals surface area contributed by atoms with Crippen LogP contribution in [-0.2, 0) is 30.5 Å². The molecule has 2 aromatic carbocycles. The fourth-order valence-electron chi connectivity index (χ4n) is 7.61.